The number of piperazine rings is 1. The summed E-state index contributed by atoms with van der Waals surface area (Å²) in [5, 5.41) is 0. The number of benzene rings is 1. The third-order valence-corrected chi connectivity index (χ3v) is 4.65. The summed E-state index contributed by atoms with van der Waals surface area (Å²) in [6.45, 7) is 4.37. The van der Waals surface area contributed by atoms with Crippen molar-refractivity contribution in [2.75, 3.05) is 26.2 Å². The van der Waals surface area contributed by atoms with Crippen molar-refractivity contribution in [2.24, 2.45) is 5.92 Å². The van der Waals surface area contributed by atoms with Gasteiger partial charge < -0.3 is 9.80 Å². The zero-order valence-corrected chi connectivity index (χ0v) is 12.8. The lowest BCUT2D eigenvalue weighted by molar-refractivity contribution is -0.140. The van der Waals surface area contributed by atoms with Crippen LogP contribution in [0.2, 0.25) is 0 Å². The van der Waals surface area contributed by atoms with E-state index in [4.69, 9.17) is 0 Å². The molecule has 22 heavy (non-hydrogen) atoms. The zero-order chi connectivity index (χ0) is 15.7. The highest BCUT2D eigenvalue weighted by Gasteiger charge is 2.46. The maximum absolute atomic E-state index is 12.9. The molecule has 0 aromatic heterocycles. The van der Waals surface area contributed by atoms with Crippen LogP contribution < -0.4 is 0 Å². The van der Waals surface area contributed by atoms with Crippen molar-refractivity contribution in [3.05, 3.63) is 35.6 Å². The topological polar surface area (TPSA) is 40.6 Å². The molecule has 0 N–H and O–H groups in total. The third-order valence-electron chi connectivity index (χ3n) is 4.65. The van der Waals surface area contributed by atoms with E-state index in [0.29, 0.717) is 32.6 Å². The predicted octanol–water partition coefficient (Wildman–Crippen LogP) is 2.01. The van der Waals surface area contributed by atoms with Gasteiger partial charge in [-0.05, 0) is 30.0 Å². The van der Waals surface area contributed by atoms with Crippen molar-refractivity contribution in [3.8, 4) is 0 Å². The Kier molecular flexibility index (Phi) is 4.14. The van der Waals surface area contributed by atoms with Gasteiger partial charge in [0.1, 0.15) is 5.82 Å². The van der Waals surface area contributed by atoms with Crippen molar-refractivity contribution >= 4 is 11.8 Å². The summed E-state index contributed by atoms with van der Waals surface area (Å²) in [6, 6.07) is 6.44. The standard InChI is InChI=1S/C17H21FN2O2/c1-2-16(21)19-7-9-20(10-8-19)17(22)15-11-14(15)12-3-5-13(18)6-4-12/h3-6,14-15H,2,7-11H2,1H3. The Morgan fingerprint density at radius 1 is 1.09 bits per heavy atom. The minimum absolute atomic E-state index is 0.0267. The first-order valence-corrected chi connectivity index (χ1v) is 7.92. The summed E-state index contributed by atoms with van der Waals surface area (Å²) < 4.78 is 12.9. The molecule has 0 radical (unpaired) electrons. The molecule has 2 aliphatic rings. The van der Waals surface area contributed by atoms with Crippen molar-refractivity contribution in [1.82, 2.24) is 9.80 Å². The van der Waals surface area contributed by atoms with Crippen LogP contribution in [-0.2, 0) is 9.59 Å². The van der Waals surface area contributed by atoms with Crippen LogP contribution in [0.4, 0.5) is 4.39 Å². The first-order chi connectivity index (χ1) is 10.6. The summed E-state index contributed by atoms with van der Waals surface area (Å²) in [5.74, 6) is 0.340. The van der Waals surface area contributed by atoms with Crippen LogP contribution >= 0.6 is 0 Å². The van der Waals surface area contributed by atoms with Gasteiger partial charge in [-0.2, -0.15) is 0 Å². The molecule has 1 saturated carbocycles. The molecule has 1 heterocycles. The molecule has 4 nitrogen and oxygen atoms in total. The highest BCUT2D eigenvalue weighted by Crippen LogP contribution is 2.48. The second kappa shape index (κ2) is 6.07. The zero-order valence-electron chi connectivity index (χ0n) is 12.8. The monoisotopic (exact) mass is 304 g/mol. The summed E-state index contributed by atoms with van der Waals surface area (Å²) >= 11 is 0. The number of hydrogen-bond acceptors (Lipinski definition) is 2. The highest BCUT2D eigenvalue weighted by molar-refractivity contribution is 5.83. The number of amides is 2. The SMILES string of the molecule is CCC(=O)N1CCN(C(=O)C2CC2c2ccc(F)cc2)CC1. The van der Waals surface area contributed by atoms with Crippen LogP contribution in [0.15, 0.2) is 24.3 Å². The van der Waals surface area contributed by atoms with Crippen LogP contribution in [-0.4, -0.2) is 47.8 Å². The third kappa shape index (κ3) is 2.98. The Balaban J connectivity index is 1.54. The summed E-state index contributed by atoms with van der Waals surface area (Å²) in [6.07, 6.45) is 1.36. The summed E-state index contributed by atoms with van der Waals surface area (Å²) in [7, 11) is 0. The molecule has 5 heteroatoms. The van der Waals surface area contributed by atoms with Crippen LogP contribution in [0.5, 0.6) is 0 Å². The fraction of sp³-hybridized carbons (Fsp3) is 0.529. The molecule has 1 saturated heterocycles. The smallest absolute Gasteiger partial charge is 0.226 e. The highest BCUT2D eigenvalue weighted by atomic mass is 19.1. The Morgan fingerprint density at radius 2 is 1.68 bits per heavy atom. The maximum atomic E-state index is 12.9. The van der Waals surface area contributed by atoms with Crippen LogP contribution in [0.25, 0.3) is 0 Å². The number of halogens is 1. The van der Waals surface area contributed by atoms with Crippen molar-refractivity contribution < 1.29 is 14.0 Å². The second-order valence-corrected chi connectivity index (χ2v) is 6.06. The fourth-order valence-corrected chi connectivity index (χ4v) is 3.18. The van der Waals surface area contributed by atoms with Crippen molar-refractivity contribution in [2.45, 2.75) is 25.7 Å². The molecule has 1 aromatic carbocycles. The molecular weight excluding hydrogens is 283 g/mol. The molecule has 118 valence electrons. The molecule has 3 rings (SSSR count). The molecule has 0 spiro atoms. The van der Waals surface area contributed by atoms with Crippen LogP contribution in [0.3, 0.4) is 0 Å². The van der Waals surface area contributed by atoms with Gasteiger partial charge >= 0.3 is 0 Å². The fourth-order valence-electron chi connectivity index (χ4n) is 3.18. The van der Waals surface area contributed by atoms with E-state index in [1.54, 1.807) is 12.1 Å². The van der Waals surface area contributed by atoms with E-state index in [2.05, 4.69) is 0 Å². The normalized spacial score (nSPS) is 24.3. The predicted molar refractivity (Wildman–Crippen MR) is 80.7 cm³/mol. The van der Waals surface area contributed by atoms with Gasteiger partial charge in [-0.15, -0.1) is 0 Å². The maximum Gasteiger partial charge on any atom is 0.226 e. The van der Waals surface area contributed by atoms with Crippen LogP contribution in [0, 0.1) is 11.7 Å². The van der Waals surface area contributed by atoms with Crippen molar-refractivity contribution in [3.63, 3.8) is 0 Å². The number of carbonyl (C=O) groups is 2. The molecule has 1 aromatic rings. The summed E-state index contributed by atoms with van der Waals surface area (Å²) in [5.41, 5.74) is 1.04. The van der Waals surface area contributed by atoms with Gasteiger partial charge in [0.2, 0.25) is 11.8 Å². The first kappa shape index (κ1) is 15.0. The minimum atomic E-state index is -0.246. The van der Waals surface area contributed by atoms with E-state index in [9.17, 15) is 14.0 Å². The number of nitrogens with zero attached hydrogens (tertiary/aromatic N) is 2. The Labute approximate surface area is 129 Å². The Morgan fingerprint density at radius 3 is 2.27 bits per heavy atom. The number of carbonyl (C=O) groups excluding carboxylic acids is 2. The lowest BCUT2D eigenvalue weighted by atomic mass is 10.1. The van der Waals surface area contributed by atoms with Gasteiger partial charge in [-0.3, -0.25) is 9.59 Å². The molecule has 1 aliphatic carbocycles. The van der Waals surface area contributed by atoms with Gasteiger partial charge in [0.25, 0.3) is 0 Å². The van der Waals surface area contributed by atoms with E-state index in [-0.39, 0.29) is 29.5 Å². The van der Waals surface area contributed by atoms with Gasteiger partial charge in [0.15, 0.2) is 0 Å². The molecule has 0 bridgehead atoms. The summed E-state index contributed by atoms with van der Waals surface area (Å²) in [4.78, 5) is 27.8. The van der Waals surface area contributed by atoms with E-state index in [1.807, 2.05) is 16.7 Å². The number of hydrogen-bond donors (Lipinski definition) is 0. The van der Waals surface area contributed by atoms with Gasteiger partial charge in [-0.25, -0.2) is 4.39 Å². The van der Waals surface area contributed by atoms with Crippen molar-refractivity contribution in [1.29, 1.82) is 0 Å². The lowest BCUT2D eigenvalue weighted by Crippen LogP contribution is -2.51. The van der Waals surface area contributed by atoms with Gasteiger partial charge in [0, 0.05) is 38.5 Å². The second-order valence-electron chi connectivity index (χ2n) is 6.06. The average molecular weight is 304 g/mol. The van der Waals surface area contributed by atoms with E-state index >= 15 is 0 Å². The Bertz CT molecular complexity index is 565. The van der Waals surface area contributed by atoms with Gasteiger partial charge in [0.05, 0.1) is 0 Å². The molecule has 2 atom stereocenters. The molecule has 1 aliphatic heterocycles. The van der Waals surface area contributed by atoms with E-state index in [0.717, 1.165) is 12.0 Å². The Hall–Kier alpha value is -1.91. The lowest BCUT2D eigenvalue weighted by Gasteiger charge is -2.35. The quantitative estimate of drug-likeness (QED) is 0.857. The molecule has 2 fully saturated rings. The molecule has 2 unspecified atom stereocenters. The van der Waals surface area contributed by atoms with E-state index in [1.165, 1.54) is 12.1 Å². The van der Waals surface area contributed by atoms with Crippen LogP contribution in [0.1, 0.15) is 31.2 Å². The van der Waals surface area contributed by atoms with Gasteiger partial charge in [-0.1, -0.05) is 19.1 Å². The average Bonchev–Trinajstić information content (AvgIpc) is 3.35. The molecule has 2 amide bonds. The van der Waals surface area contributed by atoms with E-state index < -0.39 is 0 Å². The minimum Gasteiger partial charge on any atom is -0.339 e. The molecular formula is C17H21FN2O2. The first-order valence-electron chi connectivity index (χ1n) is 7.92. The largest absolute Gasteiger partial charge is 0.339 e. The number of rotatable bonds is 3.